The number of fused-ring (bicyclic) bond motifs is 1. The van der Waals surface area contributed by atoms with Gasteiger partial charge in [-0.1, -0.05) is 12.1 Å². The summed E-state index contributed by atoms with van der Waals surface area (Å²) >= 11 is 0. The normalized spacial score (nSPS) is 19.0. The predicted molar refractivity (Wildman–Crippen MR) is 102 cm³/mol. The summed E-state index contributed by atoms with van der Waals surface area (Å²) in [6.07, 6.45) is 3.50. The maximum atomic E-state index is 13.1. The van der Waals surface area contributed by atoms with Gasteiger partial charge in [-0.25, -0.2) is 4.98 Å². The van der Waals surface area contributed by atoms with E-state index in [0.29, 0.717) is 36.6 Å². The molecule has 6 heteroatoms. The molecule has 1 amide bonds. The minimum Gasteiger partial charge on any atom is -0.489 e. The number of hydrogen-bond acceptors (Lipinski definition) is 5. The molecule has 1 saturated heterocycles. The minimum absolute atomic E-state index is 0.0179. The van der Waals surface area contributed by atoms with Crippen molar-refractivity contribution in [3.05, 3.63) is 53.2 Å². The number of benzene rings is 1. The summed E-state index contributed by atoms with van der Waals surface area (Å²) in [6, 6.07) is 11.6. The third-order valence-corrected chi connectivity index (χ3v) is 5.14. The van der Waals surface area contributed by atoms with Crippen LogP contribution in [0.25, 0.3) is 0 Å². The Labute approximate surface area is 159 Å². The quantitative estimate of drug-likeness (QED) is 0.821. The van der Waals surface area contributed by atoms with E-state index in [-0.39, 0.29) is 12.0 Å². The zero-order valence-corrected chi connectivity index (χ0v) is 15.4. The lowest BCUT2D eigenvalue weighted by atomic mass is 10.1. The molecule has 1 fully saturated rings. The third-order valence-electron chi connectivity index (χ3n) is 5.14. The van der Waals surface area contributed by atoms with Gasteiger partial charge in [-0.3, -0.25) is 4.79 Å². The molecule has 0 radical (unpaired) electrons. The Balaban J connectivity index is 1.52. The monoisotopic (exact) mass is 362 g/mol. The average Bonchev–Trinajstić information content (AvgIpc) is 2.91. The molecule has 138 valence electrons. The second kappa shape index (κ2) is 7.28. The van der Waals surface area contributed by atoms with Crippen LogP contribution < -0.4 is 9.64 Å². The Morgan fingerprint density at radius 2 is 2.11 bits per heavy atom. The molecule has 4 rings (SSSR count). The number of amides is 1. The second-order valence-corrected chi connectivity index (χ2v) is 7.05. The first-order valence-electron chi connectivity index (χ1n) is 9.35. The molecular formula is C21H22N4O2. The van der Waals surface area contributed by atoms with Gasteiger partial charge in [0.1, 0.15) is 23.7 Å². The van der Waals surface area contributed by atoms with Crippen molar-refractivity contribution in [2.75, 3.05) is 31.1 Å². The van der Waals surface area contributed by atoms with Gasteiger partial charge in [0, 0.05) is 38.8 Å². The number of nitrogens with zero attached hydrogens (tertiary/aromatic N) is 4. The smallest absolute Gasteiger partial charge is 0.257 e. The van der Waals surface area contributed by atoms with Crippen LogP contribution >= 0.6 is 0 Å². The van der Waals surface area contributed by atoms with Crippen molar-refractivity contribution in [1.82, 2.24) is 9.88 Å². The maximum absolute atomic E-state index is 13.1. The molecular weight excluding hydrogens is 340 g/mol. The van der Waals surface area contributed by atoms with Gasteiger partial charge in [-0.2, -0.15) is 5.26 Å². The van der Waals surface area contributed by atoms with Crippen molar-refractivity contribution in [2.45, 2.75) is 25.9 Å². The summed E-state index contributed by atoms with van der Waals surface area (Å²) in [7, 11) is 0. The predicted octanol–water partition coefficient (Wildman–Crippen LogP) is 2.63. The summed E-state index contributed by atoms with van der Waals surface area (Å²) in [6.45, 7) is 4.74. The van der Waals surface area contributed by atoms with E-state index in [9.17, 15) is 10.1 Å². The number of ether oxygens (including phenoxy) is 1. The average molecular weight is 362 g/mol. The Morgan fingerprint density at radius 1 is 1.22 bits per heavy atom. The van der Waals surface area contributed by atoms with Gasteiger partial charge in [-0.15, -0.1) is 0 Å². The van der Waals surface area contributed by atoms with Crippen LogP contribution in [0.1, 0.15) is 34.8 Å². The van der Waals surface area contributed by atoms with Crippen molar-refractivity contribution in [3.8, 4) is 11.8 Å². The molecule has 27 heavy (non-hydrogen) atoms. The molecule has 0 saturated carbocycles. The van der Waals surface area contributed by atoms with Crippen LogP contribution in [0.3, 0.4) is 0 Å². The van der Waals surface area contributed by atoms with Crippen LogP contribution in [-0.2, 0) is 6.42 Å². The summed E-state index contributed by atoms with van der Waals surface area (Å²) in [5.41, 5.74) is 2.33. The molecule has 1 aromatic carbocycles. The highest BCUT2D eigenvalue weighted by atomic mass is 16.5. The highest BCUT2D eigenvalue weighted by molar-refractivity contribution is 5.97. The van der Waals surface area contributed by atoms with Crippen molar-refractivity contribution >= 4 is 11.7 Å². The number of pyridine rings is 1. The molecule has 6 nitrogen and oxygen atoms in total. The number of carbonyl (C=O) groups excluding carboxylic acids is 1. The van der Waals surface area contributed by atoms with E-state index in [1.807, 2.05) is 30.0 Å². The SMILES string of the molecule is CC1Cc2cccc(C(=O)N3CCCN(c4ncccc4C#N)CC3)c2O1. The Morgan fingerprint density at radius 3 is 2.96 bits per heavy atom. The summed E-state index contributed by atoms with van der Waals surface area (Å²) in [5.74, 6) is 1.46. The van der Waals surface area contributed by atoms with Gasteiger partial charge in [0.05, 0.1) is 11.1 Å². The highest BCUT2D eigenvalue weighted by Crippen LogP contribution is 2.33. The lowest BCUT2D eigenvalue weighted by Crippen LogP contribution is -2.35. The molecule has 0 N–H and O–H groups in total. The van der Waals surface area contributed by atoms with Crippen molar-refractivity contribution in [1.29, 1.82) is 5.26 Å². The zero-order chi connectivity index (χ0) is 18.8. The Hall–Kier alpha value is -3.07. The van der Waals surface area contributed by atoms with E-state index in [0.717, 1.165) is 30.7 Å². The van der Waals surface area contributed by atoms with Gasteiger partial charge in [-0.05, 0) is 37.1 Å². The standard InChI is InChI=1S/C21H22N4O2/c1-15-13-16-5-2-7-18(19(16)27-15)21(26)25-10-4-9-24(11-12-25)20-17(14-22)6-3-8-23-20/h2-3,5-8,15H,4,9-13H2,1H3. The van der Waals surface area contributed by atoms with Crippen LogP contribution in [0.2, 0.25) is 0 Å². The van der Waals surface area contributed by atoms with Crippen LogP contribution in [0, 0.1) is 11.3 Å². The fourth-order valence-electron chi connectivity index (χ4n) is 3.84. The second-order valence-electron chi connectivity index (χ2n) is 7.05. The number of nitriles is 1. The number of anilines is 1. The largest absolute Gasteiger partial charge is 0.489 e. The highest BCUT2D eigenvalue weighted by Gasteiger charge is 2.28. The first-order valence-corrected chi connectivity index (χ1v) is 9.35. The van der Waals surface area contributed by atoms with Crippen LogP contribution in [0.15, 0.2) is 36.5 Å². The van der Waals surface area contributed by atoms with Crippen molar-refractivity contribution < 1.29 is 9.53 Å². The Bertz CT molecular complexity index is 905. The van der Waals surface area contributed by atoms with Crippen LogP contribution in [0.4, 0.5) is 5.82 Å². The van der Waals surface area contributed by atoms with E-state index >= 15 is 0 Å². The molecule has 0 aliphatic carbocycles. The zero-order valence-electron chi connectivity index (χ0n) is 15.4. The van der Waals surface area contributed by atoms with E-state index in [4.69, 9.17) is 4.74 Å². The summed E-state index contributed by atoms with van der Waals surface area (Å²) in [5, 5.41) is 9.32. The number of carbonyl (C=O) groups is 1. The van der Waals surface area contributed by atoms with Gasteiger partial charge in [0.15, 0.2) is 0 Å². The minimum atomic E-state index is 0.0179. The van der Waals surface area contributed by atoms with Crippen molar-refractivity contribution in [2.24, 2.45) is 0 Å². The van der Waals surface area contributed by atoms with Crippen LogP contribution in [0.5, 0.6) is 5.75 Å². The van der Waals surface area contributed by atoms with Gasteiger partial charge in [0.25, 0.3) is 5.91 Å². The maximum Gasteiger partial charge on any atom is 0.257 e. The number of hydrogen-bond donors (Lipinski definition) is 0. The summed E-state index contributed by atoms with van der Waals surface area (Å²) in [4.78, 5) is 21.5. The molecule has 2 aliphatic heterocycles. The number of para-hydroxylation sites is 1. The molecule has 3 heterocycles. The topological polar surface area (TPSA) is 69.5 Å². The number of rotatable bonds is 2. The van der Waals surface area contributed by atoms with E-state index < -0.39 is 0 Å². The molecule has 1 aromatic heterocycles. The van der Waals surface area contributed by atoms with Gasteiger partial charge >= 0.3 is 0 Å². The van der Waals surface area contributed by atoms with Gasteiger partial charge in [0.2, 0.25) is 0 Å². The van der Waals surface area contributed by atoms with E-state index in [1.165, 1.54) is 0 Å². The molecule has 1 unspecified atom stereocenters. The van der Waals surface area contributed by atoms with Crippen molar-refractivity contribution in [3.63, 3.8) is 0 Å². The molecule has 1 atom stereocenters. The fourth-order valence-corrected chi connectivity index (χ4v) is 3.84. The fraction of sp³-hybridized carbons (Fsp3) is 0.381. The van der Waals surface area contributed by atoms with E-state index in [2.05, 4.69) is 16.0 Å². The molecule has 0 spiro atoms. The molecule has 2 aromatic rings. The lowest BCUT2D eigenvalue weighted by molar-refractivity contribution is 0.0762. The molecule has 2 aliphatic rings. The molecule has 0 bridgehead atoms. The van der Waals surface area contributed by atoms with E-state index in [1.54, 1.807) is 18.3 Å². The third kappa shape index (κ3) is 3.33. The number of aromatic nitrogens is 1. The summed E-state index contributed by atoms with van der Waals surface area (Å²) < 4.78 is 5.90. The first-order chi connectivity index (χ1) is 13.2. The van der Waals surface area contributed by atoms with Gasteiger partial charge < -0.3 is 14.5 Å². The Kier molecular flexibility index (Phi) is 4.68. The lowest BCUT2D eigenvalue weighted by Gasteiger charge is -2.24. The first kappa shape index (κ1) is 17.3. The van der Waals surface area contributed by atoms with Crippen LogP contribution in [-0.4, -0.2) is 48.1 Å².